The van der Waals surface area contributed by atoms with Crippen molar-refractivity contribution in [3.05, 3.63) is 59.9 Å². The Hall–Kier alpha value is -3.29. The van der Waals surface area contributed by atoms with Crippen molar-refractivity contribution in [2.75, 3.05) is 27.2 Å². The number of benzene rings is 1. The average Bonchev–Trinajstić information content (AvgIpc) is 3.40. The zero-order valence-corrected chi connectivity index (χ0v) is 19.9. The van der Waals surface area contributed by atoms with Crippen LogP contribution in [0.1, 0.15) is 36.7 Å². The van der Waals surface area contributed by atoms with E-state index in [1.54, 1.807) is 19.8 Å². The van der Waals surface area contributed by atoms with Crippen molar-refractivity contribution in [2.24, 2.45) is 4.99 Å². The number of rotatable bonds is 10. The summed E-state index contributed by atoms with van der Waals surface area (Å²) < 4.78 is 9.59. The number of hydrogen-bond acceptors (Lipinski definition) is 4. The van der Waals surface area contributed by atoms with Gasteiger partial charge in [0.1, 0.15) is 18.4 Å². The van der Waals surface area contributed by atoms with E-state index < -0.39 is 0 Å². The minimum absolute atomic E-state index is 0.791. The molecule has 0 aliphatic carbocycles. The van der Waals surface area contributed by atoms with Crippen LogP contribution in [0.5, 0.6) is 5.75 Å². The Kier molecular flexibility index (Phi) is 8.30. The number of hydrogen-bond donors (Lipinski definition) is 1. The predicted octanol–water partition coefficient (Wildman–Crippen LogP) is 3.57. The van der Waals surface area contributed by atoms with Crippen LogP contribution in [0.2, 0.25) is 0 Å². The Morgan fingerprint density at radius 2 is 1.84 bits per heavy atom. The lowest BCUT2D eigenvalue weighted by atomic mass is 10.2. The van der Waals surface area contributed by atoms with Crippen LogP contribution in [0.3, 0.4) is 0 Å². The van der Waals surface area contributed by atoms with Crippen LogP contribution in [0.4, 0.5) is 0 Å². The van der Waals surface area contributed by atoms with Crippen LogP contribution < -0.4 is 10.1 Å². The van der Waals surface area contributed by atoms with Gasteiger partial charge in [-0.3, -0.25) is 4.99 Å². The Morgan fingerprint density at radius 3 is 2.50 bits per heavy atom. The van der Waals surface area contributed by atoms with Gasteiger partial charge in [0.2, 0.25) is 0 Å². The van der Waals surface area contributed by atoms with Gasteiger partial charge >= 0.3 is 0 Å². The van der Waals surface area contributed by atoms with Crippen molar-refractivity contribution in [3.63, 3.8) is 0 Å². The number of aliphatic imine (C=N–C) groups is 1. The first-order chi connectivity index (χ1) is 15.5. The third kappa shape index (κ3) is 5.90. The van der Waals surface area contributed by atoms with Gasteiger partial charge in [0.05, 0.1) is 7.11 Å². The summed E-state index contributed by atoms with van der Waals surface area (Å²) >= 11 is 0. The molecule has 8 nitrogen and oxygen atoms in total. The molecular weight excluding hydrogens is 402 g/mol. The summed E-state index contributed by atoms with van der Waals surface area (Å²) in [7, 11) is 3.79. The number of ether oxygens (including phenoxy) is 1. The molecule has 0 saturated carbocycles. The second kappa shape index (κ2) is 11.4. The van der Waals surface area contributed by atoms with E-state index in [1.165, 1.54) is 17.0 Å². The maximum atomic E-state index is 5.30. The van der Waals surface area contributed by atoms with E-state index in [2.05, 4.69) is 71.0 Å². The fourth-order valence-electron chi connectivity index (χ4n) is 3.85. The molecule has 1 N–H and O–H groups in total. The molecule has 0 spiro atoms. The molecule has 0 aliphatic rings. The minimum atomic E-state index is 0.791. The molecule has 2 aromatic heterocycles. The molecule has 0 saturated heterocycles. The summed E-state index contributed by atoms with van der Waals surface area (Å²) in [6.45, 7) is 9.78. The van der Waals surface area contributed by atoms with E-state index in [0.29, 0.717) is 0 Å². The van der Waals surface area contributed by atoms with Gasteiger partial charge in [-0.25, -0.2) is 0 Å². The number of nitrogens with zero attached hydrogens (tertiary/aromatic N) is 6. The number of unbranched alkanes of at least 4 members (excludes halogenated alkanes) is 1. The second-order valence-corrected chi connectivity index (χ2v) is 7.93. The molecule has 8 heteroatoms. The zero-order chi connectivity index (χ0) is 22.9. The minimum Gasteiger partial charge on any atom is -0.497 e. The Morgan fingerprint density at radius 1 is 1.12 bits per heavy atom. The largest absolute Gasteiger partial charge is 0.497 e. The molecule has 3 aromatic rings. The van der Waals surface area contributed by atoms with E-state index in [-0.39, 0.29) is 0 Å². The fraction of sp³-hybridized carbons (Fsp3) is 0.458. The van der Waals surface area contributed by atoms with Gasteiger partial charge in [0.15, 0.2) is 5.96 Å². The highest BCUT2D eigenvalue weighted by Crippen LogP contribution is 2.23. The summed E-state index contributed by atoms with van der Waals surface area (Å²) in [4.78, 5) is 7.03. The van der Waals surface area contributed by atoms with Crippen LogP contribution in [-0.2, 0) is 13.1 Å². The van der Waals surface area contributed by atoms with Gasteiger partial charge in [-0.2, -0.15) is 0 Å². The molecule has 0 radical (unpaired) electrons. The van der Waals surface area contributed by atoms with E-state index in [9.17, 15) is 0 Å². The number of aromatic nitrogens is 4. The standard InChI is InChI=1S/C24H35N7O/c1-6-25-24(26-13-7-8-14-30-17-27-28-18-30)29(4)16-21-15-19(2)31(20(21)3)22-9-11-23(32-5)12-10-22/h9-12,15,17-18H,6-8,13-14,16H2,1-5H3,(H,25,26). The highest BCUT2D eigenvalue weighted by atomic mass is 16.5. The summed E-state index contributed by atoms with van der Waals surface area (Å²) in [6, 6.07) is 10.5. The first-order valence-electron chi connectivity index (χ1n) is 11.2. The lowest BCUT2D eigenvalue weighted by molar-refractivity contribution is 0.414. The van der Waals surface area contributed by atoms with Crippen LogP contribution in [0.15, 0.2) is 48.0 Å². The number of aryl methyl sites for hydroxylation is 2. The predicted molar refractivity (Wildman–Crippen MR) is 128 cm³/mol. The summed E-state index contributed by atoms with van der Waals surface area (Å²) in [5, 5.41) is 11.1. The van der Waals surface area contributed by atoms with Crippen LogP contribution in [-0.4, -0.2) is 57.4 Å². The zero-order valence-electron chi connectivity index (χ0n) is 19.9. The van der Waals surface area contributed by atoms with Crippen LogP contribution in [0, 0.1) is 13.8 Å². The lowest BCUT2D eigenvalue weighted by Gasteiger charge is -2.22. The monoisotopic (exact) mass is 437 g/mol. The molecule has 1 aromatic carbocycles. The van der Waals surface area contributed by atoms with Gasteiger partial charge in [0.25, 0.3) is 0 Å². The third-order valence-electron chi connectivity index (χ3n) is 5.52. The number of methoxy groups -OCH3 is 1. The van der Waals surface area contributed by atoms with Gasteiger partial charge in [-0.1, -0.05) is 0 Å². The molecule has 32 heavy (non-hydrogen) atoms. The summed E-state index contributed by atoms with van der Waals surface area (Å²) in [5.41, 5.74) is 4.89. The Balaban J connectivity index is 1.64. The molecule has 2 heterocycles. The van der Waals surface area contributed by atoms with Crippen LogP contribution >= 0.6 is 0 Å². The normalized spacial score (nSPS) is 11.6. The highest BCUT2D eigenvalue weighted by Gasteiger charge is 2.14. The molecule has 0 unspecified atom stereocenters. The van der Waals surface area contributed by atoms with Crippen LogP contribution in [0.25, 0.3) is 5.69 Å². The molecule has 0 bridgehead atoms. The SMILES string of the molecule is CCNC(=NCCCCn1cnnc1)N(C)Cc1cc(C)n(-c2ccc(OC)cc2)c1C. The van der Waals surface area contributed by atoms with E-state index in [4.69, 9.17) is 9.73 Å². The van der Waals surface area contributed by atoms with Gasteiger partial charge < -0.3 is 24.1 Å². The van der Waals surface area contributed by atoms with Gasteiger partial charge in [-0.05, 0) is 69.5 Å². The van der Waals surface area contributed by atoms with Crippen molar-refractivity contribution in [1.29, 1.82) is 0 Å². The smallest absolute Gasteiger partial charge is 0.193 e. The maximum Gasteiger partial charge on any atom is 0.193 e. The second-order valence-electron chi connectivity index (χ2n) is 7.93. The Bertz CT molecular complexity index is 990. The summed E-state index contributed by atoms with van der Waals surface area (Å²) in [5.74, 6) is 1.80. The maximum absolute atomic E-state index is 5.30. The third-order valence-corrected chi connectivity index (χ3v) is 5.52. The first kappa shape index (κ1) is 23.4. The van der Waals surface area contributed by atoms with Crippen molar-refractivity contribution in [3.8, 4) is 11.4 Å². The molecular formula is C24H35N7O. The summed E-state index contributed by atoms with van der Waals surface area (Å²) in [6.07, 6.45) is 5.58. The lowest BCUT2D eigenvalue weighted by Crippen LogP contribution is -2.38. The molecule has 0 atom stereocenters. The first-order valence-corrected chi connectivity index (χ1v) is 11.2. The molecule has 172 valence electrons. The molecule has 0 amide bonds. The van der Waals surface area contributed by atoms with E-state index in [1.807, 2.05) is 16.7 Å². The fourth-order valence-corrected chi connectivity index (χ4v) is 3.85. The highest BCUT2D eigenvalue weighted by molar-refractivity contribution is 5.79. The topological polar surface area (TPSA) is 72.5 Å². The number of guanidine groups is 1. The van der Waals surface area contributed by atoms with Crippen molar-refractivity contribution < 1.29 is 4.74 Å². The van der Waals surface area contributed by atoms with E-state index in [0.717, 1.165) is 56.4 Å². The number of nitrogens with one attached hydrogen (secondary N) is 1. The molecule has 0 aliphatic heterocycles. The van der Waals surface area contributed by atoms with Crippen molar-refractivity contribution in [2.45, 2.75) is 46.7 Å². The van der Waals surface area contributed by atoms with Gasteiger partial charge in [0, 0.05) is 50.3 Å². The average molecular weight is 438 g/mol. The van der Waals surface area contributed by atoms with E-state index >= 15 is 0 Å². The Labute approximate surface area is 190 Å². The molecule has 0 fully saturated rings. The van der Waals surface area contributed by atoms with Gasteiger partial charge in [-0.15, -0.1) is 10.2 Å². The van der Waals surface area contributed by atoms with Crippen molar-refractivity contribution in [1.82, 2.24) is 29.5 Å². The van der Waals surface area contributed by atoms with Crippen molar-refractivity contribution >= 4 is 5.96 Å². The molecule has 3 rings (SSSR count). The quantitative estimate of drug-likeness (QED) is 0.298.